The lowest BCUT2D eigenvalue weighted by atomic mass is 10.1. The van der Waals surface area contributed by atoms with E-state index in [0.29, 0.717) is 12.3 Å². The van der Waals surface area contributed by atoms with Crippen molar-refractivity contribution in [2.75, 3.05) is 37.6 Å². The first-order valence-electron chi connectivity index (χ1n) is 9.76. The van der Waals surface area contributed by atoms with Gasteiger partial charge in [-0.15, -0.1) is 0 Å². The van der Waals surface area contributed by atoms with Crippen LogP contribution in [-0.2, 0) is 4.79 Å². The number of piperazine rings is 1. The highest BCUT2D eigenvalue weighted by molar-refractivity contribution is 5.77. The number of quaternary nitrogens is 1. The van der Waals surface area contributed by atoms with Gasteiger partial charge in [0.05, 0.1) is 31.9 Å². The fraction of sp³-hybridized carbons (Fsp3) is 0.650. The summed E-state index contributed by atoms with van der Waals surface area (Å²) in [5.41, 5.74) is 0.895. The summed E-state index contributed by atoms with van der Waals surface area (Å²) >= 11 is 0. The van der Waals surface area contributed by atoms with Gasteiger partial charge in [-0.3, -0.25) is 4.79 Å². The van der Waals surface area contributed by atoms with Crippen molar-refractivity contribution in [3.05, 3.63) is 24.3 Å². The zero-order chi connectivity index (χ0) is 18.1. The maximum Gasteiger partial charge on any atom is 0.275 e. The topological polar surface area (TPSA) is 57.0 Å². The third kappa shape index (κ3) is 6.58. The summed E-state index contributed by atoms with van der Waals surface area (Å²) in [6.07, 6.45) is 6.06. The van der Waals surface area contributed by atoms with E-state index < -0.39 is 0 Å². The Morgan fingerprint density at radius 3 is 2.64 bits per heavy atom. The molecular formula is C20H34N3O2+. The molecule has 0 spiro atoms. The van der Waals surface area contributed by atoms with Gasteiger partial charge in [-0.25, -0.2) is 0 Å². The molecule has 0 radical (unpaired) electrons. The highest BCUT2D eigenvalue weighted by atomic mass is 16.3. The van der Waals surface area contributed by atoms with Gasteiger partial charge in [0.25, 0.3) is 5.91 Å². The van der Waals surface area contributed by atoms with Crippen LogP contribution in [0.25, 0.3) is 0 Å². The molecular weight excluding hydrogens is 314 g/mol. The predicted molar refractivity (Wildman–Crippen MR) is 102 cm³/mol. The molecule has 0 aromatic heterocycles. The van der Waals surface area contributed by atoms with E-state index in [9.17, 15) is 9.90 Å². The number of benzene rings is 1. The Morgan fingerprint density at radius 1 is 1.24 bits per heavy atom. The van der Waals surface area contributed by atoms with Gasteiger partial charge >= 0.3 is 0 Å². The fourth-order valence-corrected chi connectivity index (χ4v) is 3.47. The number of nitrogens with zero attached hydrogens (tertiary/aromatic N) is 1. The van der Waals surface area contributed by atoms with Crippen LogP contribution in [0.2, 0.25) is 0 Å². The van der Waals surface area contributed by atoms with Gasteiger partial charge in [0, 0.05) is 6.04 Å². The smallest absolute Gasteiger partial charge is 0.275 e. The zero-order valence-corrected chi connectivity index (χ0v) is 15.8. The van der Waals surface area contributed by atoms with Gasteiger partial charge in [-0.05, 0) is 25.5 Å². The number of carbonyl (C=O) groups excluding carboxylic acids is 1. The number of aromatic hydroxyl groups is 1. The van der Waals surface area contributed by atoms with Gasteiger partial charge < -0.3 is 20.2 Å². The Hall–Kier alpha value is -1.75. The molecule has 1 saturated heterocycles. The average molecular weight is 349 g/mol. The maximum atomic E-state index is 12.2. The van der Waals surface area contributed by atoms with Gasteiger partial charge in [0.15, 0.2) is 6.54 Å². The molecule has 140 valence electrons. The molecule has 1 amide bonds. The normalized spacial score (nSPS) is 16.6. The van der Waals surface area contributed by atoms with Crippen LogP contribution in [0.15, 0.2) is 24.3 Å². The number of rotatable bonds is 9. The summed E-state index contributed by atoms with van der Waals surface area (Å²) in [5.74, 6) is 0.495. The molecule has 0 aliphatic carbocycles. The number of anilines is 1. The van der Waals surface area contributed by atoms with Crippen molar-refractivity contribution in [2.24, 2.45) is 0 Å². The number of hydrogen-bond donors (Lipinski definition) is 3. The number of carbonyl (C=O) groups is 1. The van der Waals surface area contributed by atoms with E-state index in [2.05, 4.69) is 24.1 Å². The molecule has 25 heavy (non-hydrogen) atoms. The fourth-order valence-electron chi connectivity index (χ4n) is 3.47. The monoisotopic (exact) mass is 348 g/mol. The van der Waals surface area contributed by atoms with E-state index >= 15 is 0 Å². The minimum absolute atomic E-state index is 0.161. The molecule has 1 heterocycles. The van der Waals surface area contributed by atoms with E-state index in [1.807, 2.05) is 18.2 Å². The second kappa shape index (κ2) is 10.3. The van der Waals surface area contributed by atoms with Crippen LogP contribution < -0.4 is 15.1 Å². The summed E-state index contributed by atoms with van der Waals surface area (Å²) in [7, 11) is 0. The van der Waals surface area contributed by atoms with Gasteiger partial charge in [-0.2, -0.15) is 0 Å². The third-order valence-electron chi connectivity index (χ3n) is 5.00. The maximum absolute atomic E-state index is 12.2. The summed E-state index contributed by atoms with van der Waals surface area (Å²) in [6, 6.07) is 7.74. The van der Waals surface area contributed by atoms with Crippen molar-refractivity contribution in [1.29, 1.82) is 0 Å². The number of hydrogen-bond acceptors (Lipinski definition) is 3. The van der Waals surface area contributed by atoms with Crippen molar-refractivity contribution < 1.29 is 14.8 Å². The number of unbranched alkanes of at least 4 members (excludes halogenated alkanes) is 3. The van der Waals surface area contributed by atoms with Crippen LogP contribution in [-0.4, -0.2) is 49.8 Å². The summed E-state index contributed by atoms with van der Waals surface area (Å²) in [4.78, 5) is 15.8. The highest BCUT2D eigenvalue weighted by Crippen LogP contribution is 2.25. The summed E-state index contributed by atoms with van der Waals surface area (Å²) in [6.45, 7) is 8.45. The Morgan fingerprint density at radius 2 is 1.96 bits per heavy atom. The second-order valence-corrected chi connectivity index (χ2v) is 7.22. The predicted octanol–water partition coefficient (Wildman–Crippen LogP) is 1.57. The molecule has 5 nitrogen and oxygen atoms in total. The second-order valence-electron chi connectivity index (χ2n) is 7.22. The molecule has 0 unspecified atom stereocenters. The molecule has 3 N–H and O–H groups in total. The molecule has 1 aliphatic rings. The molecule has 1 aromatic rings. The lowest BCUT2D eigenvalue weighted by molar-refractivity contribution is -0.892. The van der Waals surface area contributed by atoms with E-state index in [1.165, 1.54) is 30.6 Å². The zero-order valence-electron chi connectivity index (χ0n) is 15.8. The number of phenols is 1. The molecule has 1 fully saturated rings. The Bertz CT molecular complexity index is 527. The molecule has 2 rings (SSSR count). The quantitative estimate of drug-likeness (QED) is 0.594. The largest absolute Gasteiger partial charge is 0.506 e. The third-order valence-corrected chi connectivity index (χ3v) is 5.00. The first kappa shape index (κ1) is 19.6. The van der Waals surface area contributed by atoms with E-state index in [0.717, 1.165) is 38.3 Å². The van der Waals surface area contributed by atoms with Crippen molar-refractivity contribution >= 4 is 11.6 Å². The molecule has 5 heteroatoms. The van der Waals surface area contributed by atoms with Gasteiger partial charge in [0.1, 0.15) is 5.75 Å². The van der Waals surface area contributed by atoms with Crippen molar-refractivity contribution in [2.45, 2.75) is 52.0 Å². The number of nitrogens with one attached hydrogen (secondary N) is 2. The standard InChI is InChI=1S/C20H33N3O2/c1-3-4-5-6-9-17(2)21-20(25)16-22-12-14-23(15-13-22)18-10-7-8-11-19(18)24/h7-8,10-11,17,24H,3-6,9,12-16H2,1-2H3,(H,21,25)/p+1/t17-/m0/s1. The van der Waals surface area contributed by atoms with Crippen molar-refractivity contribution in [3.63, 3.8) is 0 Å². The SMILES string of the molecule is CCCCCC[C@H](C)NC(=O)C[NH+]1CCN(c2ccccc2O)CC1. The minimum atomic E-state index is 0.161. The van der Waals surface area contributed by atoms with Gasteiger partial charge in [-0.1, -0.05) is 44.7 Å². The van der Waals surface area contributed by atoms with E-state index in [-0.39, 0.29) is 11.9 Å². The summed E-state index contributed by atoms with van der Waals surface area (Å²) in [5, 5.41) is 13.1. The molecule has 0 bridgehead atoms. The average Bonchev–Trinajstić information content (AvgIpc) is 2.60. The van der Waals surface area contributed by atoms with Crippen LogP contribution in [0.5, 0.6) is 5.75 Å². The molecule has 1 aromatic carbocycles. The molecule has 1 atom stereocenters. The van der Waals surface area contributed by atoms with Crippen LogP contribution in [0.1, 0.15) is 46.0 Å². The summed E-state index contributed by atoms with van der Waals surface area (Å²) < 4.78 is 0. The lowest BCUT2D eigenvalue weighted by Gasteiger charge is -2.33. The van der Waals surface area contributed by atoms with E-state index in [4.69, 9.17) is 0 Å². The van der Waals surface area contributed by atoms with Crippen LogP contribution in [0.4, 0.5) is 5.69 Å². The highest BCUT2D eigenvalue weighted by Gasteiger charge is 2.23. The number of amides is 1. The van der Waals surface area contributed by atoms with Gasteiger partial charge in [0.2, 0.25) is 0 Å². The van der Waals surface area contributed by atoms with Crippen LogP contribution >= 0.6 is 0 Å². The number of para-hydroxylation sites is 2. The number of phenolic OH excluding ortho intramolecular Hbond substituents is 1. The van der Waals surface area contributed by atoms with Crippen LogP contribution in [0.3, 0.4) is 0 Å². The van der Waals surface area contributed by atoms with Crippen LogP contribution in [0, 0.1) is 0 Å². The van der Waals surface area contributed by atoms with Crippen molar-refractivity contribution in [1.82, 2.24) is 5.32 Å². The molecule has 0 saturated carbocycles. The Balaban J connectivity index is 1.67. The lowest BCUT2D eigenvalue weighted by Crippen LogP contribution is -3.16. The first-order chi connectivity index (χ1) is 12.1. The molecule has 1 aliphatic heterocycles. The van der Waals surface area contributed by atoms with Crippen molar-refractivity contribution in [3.8, 4) is 5.75 Å². The Labute approximate surface area is 152 Å². The minimum Gasteiger partial charge on any atom is -0.506 e. The first-order valence-corrected chi connectivity index (χ1v) is 9.76. The van der Waals surface area contributed by atoms with E-state index in [1.54, 1.807) is 6.07 Å². The Kier molecular flexibility index (Phi) is 8.06.